The highest BCUT2D eigenvalue weighted by molar-refractivity contribution is 5.76. The summed E-state index contributed by atoms with van der Waals surface area (Å²) in [6, 6.07) is 1.24. The fourth-order valence-corrected chi connectivity index (χ4v) is 5.01. The maximum absolute atomic E-state index is 12.4. The minimum Gasteiger partial charge on any atom is -0.353 e. The summed E-state index contributed by atoms with van der Waals surface area (Å²) in [6.07, 6.45) is 12.5. The Kier molecular flexibility index (Phi) is 6.96. The van der Waals surface area contributed by atoms with Crippen LogP contribution in [-0.4, -0.2) is 49.1 Å². The third-order valence-electron chi connectivity index (χ3n) is 6.68. The van der Waals surface area contributed by atoms with E-state index >= 15 is 0 Å². The molecule has 3 fully saturated rings. The van der Waals surface area contributed by atoms with E-state index in [9.17, 15) is 4.79 Å². The van der Waals surface area contributed by atoms with Gasteiger partial charge in [0.2, 0.25) is 5.91 Å². The highest BCUT2D eigenvalue weighted by Crippen LogP contribution is 2.26. The van der Waals surface area contributed by atoms with E-state index in [4.69, 9.17) is 0 Å². The van der Waals surface area contributed by atoms with Crippen molar-refractivity contribution >= 4 is 5.91 Å². The number of hydrogen-bond donors (Lipinski definition) is 2. The normalized spacial score (nSPS) is 27.0. The molecule has 1 amide bonds. The van der Waals surface area contributed by atoms with Crippen LogP contribution >= 0.6 is 0 Å². The molecule has 24 heavy (non-hydrogen) atoms. The first kappa shape index (κ1) is 18.2. The summed E-state index contributed by atoms with van der Waals surface area (Å²) < 4.78 is 0. The van der Waals surface area contributed by atoms with Gasteiger partial charge in [-0.1, -0.05) is 26.2 Å². The van der Waals surface area contributed by atoms with Crippen molar-refractivity contribution in [2.45, 2.75) is 83.2 Å². The van der Waals surface area contributed by atoms with Gasteiger partial charge in [0, 0.05) is 31.6 Å². The van der Waals surface area contributed by atoms with Crippen LogP contribution in [0, 0.1) is 11.8 Å². The Morgan fingerprint density at radius 2 is 1.71 bits per heavy atom. The van der Waals surface area contributed by atoms with Crippen molar-refractivity contribution in [3.8, 4) is 0 Å². The van der Waals surface area contributed by atoms with Crippen molar-refractivity contribution in [1.29, 1.82) is 0 Å². The molecule has 2 saturated heterocycles. The molecule has 0 radical (unpaired) electrons. The molecule has 0 spiro atoms. The van der Waals surface area contributed by atoms with E-state index in [-0.39, 0.29) is 5.91 Å². The zero-order valence-corrected chi connectivity index (χ0v) is 15.6. The molecule has 4 heteroatoms. The third kappa shape index (κ3) is 5.19. The molecule has 3 rings (SSSR count). The number of nitrogens with zero attached hydrogens (tertiary/aromatic N) is 1. The topological polar surface area (TPSA) is 44.4 Å². The number of carbonyl (C=O) groups is 1. The van der Waals surface area contributed by atoms with Crippen LogP contribution in [-0.2, 0) is 4.79 Å². The molecule has 0 aromatic carbocycles. The lowest BCUT2D eigenvalue weighted by atomic mass is 9.84. The van der Waals surface area contributed by atoms with Gasteiger partial charge in [-0.25, -0.2) is 0 Å². The predicted molar refractivity (Wildman–Crippen MR) is 99.0 cm³/mol. The van der Waals surface area contributed by atoms with Crippen molar-refractivity contribution < 1.29 is 4.79 Å². The Balaban J connectivity index is 1.35. The monoisotopic (exact) mass is 335 g/mol. The molecule has 2 aliphatic heterocycles. The summed E-state index contributed by atoms with van der Waals surface area (Å²) in [5.74, 6) is 1.54. The van der Waals surface area contributed by atoms with E-state index in [1.54, 1.807) is 0 Å². The van der Waals surface area contributed by atoms with Gasteiger partial charge in [-0.15, -0.1) is 0 Å². The summed E-state index contributed by atoms with van der Waals surface area (Å²) in [5.41, 5.74) is 0. The zero-order chi connectivity index (χ0) is 16.8. The summed E-state index contributed by atoms with van der Waals surface area (Å²) in [7, 11) is 0. The van der Waals surface area contributed by atoms with Crippen LogP contribution in [0.3, 0.4) is 0 Å². The molecular weight excluding hydrogens is 298 g/mol. The predicted octanol–water partition coefficient (Wildman–Crippen LogP) is 2.93. The Bertz CT molecular complexity index is 380. The van der Waals surface area contributed by atoms with Crippen LogP contribution in [0.25, 0.3) is 0 Å². The SMILES string of the molecule is CC(CC(=O)NC1CCN(C2CCCCC2)CC1)C1CCNCC1. The van der Waals surface area contributed by atoms with Crippen LogP contribution in [0.5, 0.6) is 0 Å². The van der Waals surface area contributed by atoms with Crippen molar-refractivity contribution in [1.82, 2.24) is 15.5 Å². The maximum atomic E-state index is 12.4. The lowest BCUT2D eigenvalue weighted by Gasteiger charge is -2.39. The Morgan fingerprint density at radius 1 is 1.04 bits per heavy atom. The second kappa shape index (κ2) is 9.19. The molecule has 0 aromatic heterocycles. The van der Waals surface area contributed by atoms with Crippen molar-refractivity contribution in [2.24, 2.45) is 11.8 Å². The van der Waals surface area contributed by atoms with Crippen LogP contribution in [0.15, 0.2) is 0 Å². The molecule has 3 aliphatic rings. The molecule has 2 N–H and O–H groups in total. The lowest BCUT2D eigenvalue weighted by Crippen LogP contribution is -2.48. The van der Waals surface area contributed by atoms with E-state index in [1.165, 1.54) is 58.0 Å². The number of piperidine rings is 2. The number of likely N-dealkylation sites (tertiary alicyclic amines) is 1. The van der Waals surface area contributed by atoms with Crippen LogP contribution in [0.2, 0.25) is 0 Å². The first-order valence-electron chi connectivity index (χ1n) is 10.5. The number of rotatable bonds is 5. The van der Waals surface area contributed by atoms with Crippen LogP contribution < -0.4 is 10.6 Å². The Hall–Kier alpha value is -0.610. The van der Waals surface area contributed by atoms with Gasteiger partial charge < -0.3 is 15.5 Å². The van der Waals surface area contributed by atoms with Gasteiger partial charge in [0.15, 0.2) is 0 Å². The number of carbonyl (C=O) groups excluding carboxylic acids is 1. The molecule has 0 aromatic rings. The largest absolute Gasteiger partial charge is 0.353 e. The van der Waals surface area contributed by atoms with Gasteiger partial charge in [-0.3, -0.25) is 4.79 Å². The minimum atomic E-state index is 0.289. The molecule has 1 atom stereocenters. The molecule has 1 unspecified atom stereocenters. The minimum absolute atomic E-state index is 0.289. The summed E-state index contributed by atoms with van der Waals surface area (Å²) >= 11 is 0. The highest BCUT2D eigenvalue weighted by atomic mass is 16.1. The Labute approximate surface area is 148 Å². The highest BCUT2D eigenvalue weighted by Gasteiger charge is 2.28. The van der Waals surface area contributed by atoms with E-state index in [2.05, 4.69) is 22.5 Å². The lowest BCUT2D eigenvalue weighted by molar-refractivity contribution is -0.123. The Morgan fingerprint density at radius 3 is 2.38 bits per heavy atom. The van der Waals surface area contributed by atoms with Gasteiger partial charge in [0.05, 0.1) is 0 Å². The average molecular weight is 336 g/mol. The zero-order valence-electron chi connectivity index (χ0n) is 15.6. The van der Waals surface area contributed by atoms with Gasteiger partial charge >= 0.3 is 0 Å². The molecule has 2 heterocycles. The fourth-order valence-electron chi connectivity index (χ4n) is 5.01. The molecular formula is C20H37N3O. The van der Waals surface area contributed by atoms with Gasteiger partial charge in [-0.05, 0) is 63.5 Å². The average Bonchev–Trinajstić information content (AvgIpc) is 2.64. The van der Waals surface area contributed by atoms with Crippen molar-refractivity contribution in [3.05, 3.63) is 0 Å². The first-order chi connectivity index (χ1) is 11.7. The fraction of sp³-hybridized carbons (Fsp3) is 0.950. The number of hydrogen-bond acceptors (Lipinski definition) is 3. The van der Waals surface area contributed by atoms with Crippen molar-refractivity contribution in [3.63, 3.8) is 0 Å². The number of nitrogens with one attached hydrogen (secondary N) is 2. The van der Waals surface area contributed by atoms with Gasteiger partial charge in [-0.2, -0.15) is 0 Å². The summed E-state index contributed by atoms with van der Waals surface area (Å²) in [4.78, 5) is 15.1. The standard InChI is InChI=1S/C20H37N3O/c1-16(17-7-11-21-12-8-17)15-20(24)22-18-9-13-23(14-10-18)19-5-3-2-4-6-19/h16-19,21H,2-15H2,1H3,(H,22,24). The van der Waals surface area contributed by atoms with Crippen LogP contribution in [0.4, 0.5) is 0 Å². The second-order valence-electron chi connectivity index (χ2n) is 8.44. The molecule has 1 saturated carbocycles. The quantitative estimate of drug-likeness (QED) is 0.812. The van der Waals surface area contributed by atoms with E-state index in [0.717, 1.165) is 37.9 Å². The summed E-state index contributed by atoms with van der Waals surface area (Å²) in [6.45, 7) is 6.87. The maximum Gasteiger partial charge on any atom is 0.220 e. The van der Waals surface area contributed by atoms with Crippen molar-refractivity contribution in [2.75, 3.05) is 26.2 Å². The number of amides is 1. The van der Waals surface area contributed by atoms with Crippen LogP contribution in [0.1, 0.15) is 71.1 Å². The third-order valence-corrected chi connectivity index (χ3v) is 6.68. The molecule has 4 nitrogen and oxygen atoms in total. The van der Waals surface area contributed by atoms with E-state index in [1.807, 2.05) is 0 Å². The molecule has 1 aliphatic carbocycles. The van der Waals surface area contributed by atoms with Gasteiger partial charge in [0.25, 0.3) is 0 Å². The van der Waals surface area contributed by atoms with E-state index < -0.39 is 0 Å². The smallest absolute Gasteiger partial charge is 0.220 e. The molecule has 0 bridgehead atoms. The first-order valence-corrected chi connectivity index (χ1v) is 10.5. The summed E-state index contributed by atoms with van der Waals surface area (Å²) in [5, 5.41) is 6.75. The van der Waals surface area contributed by atoms with E-state index in [0.29, 0.717) is 18.4 Å². The second-order valence-corrected chi connectivity index (χ2v) is 8.44. The van der Waals surface area contributed by atoms with Gasteiger partial charge in [0.1, 0.15) is 0 Å². The molecule has 138 valence electrons.